The van der Waals surface area contributed by atoms with Crippen molar-refractivity contribution < 1.29 is 4.79 Å². The first-order valence-electron chi connectivity index (χ1n) is 5.05. The number of benzene rings is 1. The predicted molar refractivity (Wildman–Crippen MR) is 63.8 cm³/mol. The molecule has 0 saturated carbocycles. The number of primary amides is 1. The van der Waals surface area contributed by atoms with E-state index < -0.39 is 5.91 Å². The molecule has 1 heterocycles. The molecule has 0 aliphatic carbocycles. The summed E-state index contributed by atoms with van der Waals surface area (Å²) in [6.07, 6.45) is 1.51. The minimum absolute atomic E-state index is 0.107. The van der Waals surface area contributed by atoms with Crippen molar-refractivity contribution in [3.63, 3.8) is 0 Å². The quantitative estimate of drug-likeness (QED) is 0.900. The number of carbonyl (C=O) groups is 1. The zero-order valence-corrected chi connectivity index (χ0v) is 9.93. The lowest BCUT2D eigenvalue weighted by Crippen LogP contribution is -2.11. The van der Waals surface area contributed by atoms with Crippen LogP contribution in [0.15, 0.2) is 30.5 Å². The van der Waals surface area contributed by atoms with Crippen LogP contribution in [-0.4, -0.2) is 20.9 Å². The summed E-state index contributed by atoms with van der Waals surface area (Å²) in [5, 5.41) is 8.20. The lowest BCUT2D eigenvalue weighted by atomic mass is 10.1. The number of carbonyl (C=O) groups excluding carboxylic acids is 1. The van der Waals surface area contributed by atoms with Crippen LogP contribution in [0.4, 0.5) is 0 Å². The summed E-state index contributed by atoms with van der Waals surface area (Å²) in [5.41, 5.74) is 6.17. The normalized spacial score (nSPS) is 12.4. The smallest absolute Gasteiger partial charge is 0.270 e. The highest BCUT2D eigenvalue weighted by molar-refractivity contribution is 6.31. The fourth-order valence-electron chi connectivity index (χ4n) is 1.54. The summed E-state index contributed by atoms with van der Waals surface area (Å²) in [5.74, 6) is -0.595. The maximum Gasteiger partial charge on any atom is 0.270 e. The summed E-state index contributed by atoms with van der Waals surface area (Å²) >= 11 is 6.09. The maximum absolute atomic E-state index is 10.9. The molecule has 0 fully saturated rings. The number of nitrogens with zero attached hydrogens (tertiary/aromatic N) is 3. The first-order valence-corrected chi connectivity index (χ1v) is 5.43. The van der Waals surface area contributed by atoms with Crippen LogP contribution in [0.1, 0.15) is 29.0 Å². The molecule has 6 heteroatoms. The second-order valence-electron chi connectivity index (χ2n) is 3.65. The highest BCUT2D eigenvalue weighted by Gasteiger charge is 2.14. The number of rotatable bonds is 3. The van der Waals surface area contributed by atoms with Gasteiger partial charge in [-0.25, -0.2) is 4.68 Å². The van der Waals surface area contributed by atoms with E-state index in [1.54, 1.807) is 10.7 Å². The molecule has 1 aromatic heterocycles. The fourth-order valence-corrected chi connectivity index (χ4v) is 1.83. The minimum atomic E-state index is -0.595. The first kappa shape index (κ1) is 11.6. The number of amides is 1. The molecule has 5 nitrogen and oxygen atoms in total. The molecule has 0 saturated heterocycles. The second kappa shape index (κ2) is 4.55. The molecule has 88 valence electrons. The summed E-state index contributed by atoms with van der Waals surface area (Å²) in [7, 11) is 0. The Hall–Kier alpha value is -1.88. The van der Waals surface area contributed by atoms with Crippen molar-refractivity contribution in [2.24, 2.45) is 5.73 Å². The summed E-state index contributed by atoms with van der Waals surface area (Å²) < 4.78 is 1.56. The number of nitrogens with two attached hydrogens (primary N) is 1. The van der Waals surface area contributed by atoms with E-state index in [1.807, 2.05) is 25.1 Å². The van der Waals surface area contributed by atoms with Crippen LogP contribution in [0, 0.1) is 0 Å². The van der Waals surface area contributed by atoms with Crippen LogP contribution < -0.4 is 5.73 Å². The van der Waals surface area contributed by atoms with Crippen molar-refractivity contribution in [1.29, 1.82) is 0 Å². The van der Waals surface area contributed by atoms with Gasteiger partial charge in [-0.05, 0) is 18.6 Å². The number of hydrogen-bond acceptors (Lipinski definition) is 3. The summed E-state index contributed by atoms with van der Waals surface area (Å²) in [6, 6.07) is 7.35. The van der Waals surface area contributed by atoms with Gasteiger partial charge in [-0.15, -0.1) is 5.10 Å². The summed E-state index contributed by atoms with van der Waals surface area (Å²) in [6.45, 7) is 1.92. The molecule has 2 rings (SSSR count). The number of aromatic nitrogens is 3. The molecular formula is C11H11ClN4O. The highest BCUT2D eigenvalue weighted by atomic mass is 35.5. The van der Waals surface area contributed by atoms with Gasteiger partial charge in [0.25, 0.3) is 5.91 Å². The van der Waals surface area contributed by atoms with Gasteiger partial charge >= 0.3 is 0 Å². The molecule has 0 aliphatic rings. The van der Waals surface area contributed by atoms with E-state index in [0.717, 1.165) is 5.56 Å². The largest absolute Gasteiger partial charge is 0.364 e. The molecular weight excluding hydrogens is 240 g/mol. The van der Waals surface area contributed by atoms with Crippen molar-refractivity contribution >= 4 is 17.5 Å². The van der Waals surface area contributed by atoms with Gasteiger partial charge in [0.1, 0.15) is 0 Å². The van der Waals surface area contributed by atoms with E-state index in [1.165, 1.54) is 6.20 Å². The average Bonchev–Trinajstić information content (AvgIpc) is 2.78. The van der Waals surface area contributed by atoms with E-state index in [-0.39, 0.29) is 11.7 Å². The van der Waals surface area contributed by atoms with Crippen LogP contribution in [0.2, 0.25) is 5.02 Å². The van der Waals surface area contributed by atoms with Crippen molar-refractivity contribution in [1.82, 2.24) is 15.0 Å². The van der Waals surface area contributed by atoms with Crippen molar-refractivity contribution in [2.45, 2.75) is 13.0 Å². The van der Waals surface area contributed by atoms with Gasteiger partial charge in [-0.1, -0.05) is 35.0 Å². The van der Waals surface area contributed by atoms with Crippen molar-refractivity contribution in [3.8, 4) is 0 Å². The van der Waals surface area contributed by atoms with Gasteiger partial charge in [0.15, 0.2) is 5.69 Å². The number of hydrogen-bond donors (Lipinski definition) is 1. The average molecular weight is 251 g/mol. The Kier molecular flexibility index (Phi) is 3.10. The molecule has 0 unspecified atom stereocenters. The molecule has 0 spiro atoms. The van der Waals surface area contributed by atoms with Crippen molar-refractivity contribution in [2.75, 3.05) is 0 Å². The third kappa shape index (κ3) is 2.29. The highest BCUT2D eigenvalue weighted by Crippen LogP contribution is 2.24. The van der Waals surface area contributed by atoms with Crippen LogP contribution in [0.5, 0.6) is 0 Å². The van der Waals surface area contributed by atoms with Gasteiger partial charge in [0, 0.05) is 5.02 Å². The SMILES string of the molecule is C[C@H](c1ccccc1Cl)n1cc(C(N)=O)nn1. The van der Waals surface area contributed by atoms with Crippen LogP contribution in [0.3, 0.4) is 0 Å². The van der Waals surface area contributed by atoms with E-state index in [2.05, 4.69) is 10.3 Å². The second-order valence-corrected chi connectivity index (χ2v) is 4.05. The first-order chi connectivity index (χ1) is 8.09. The Bertz CT molecular complexity index is 552. The molecule has 1 atom stereocenters. The molecule has 0 bridgehead atoms. The van der Waals surface area contributed by atoms with Crippen LogP contribution in [-0.2, 0) is 0 Å². The number of halogens is 1. The standard InChI is InChI=1S/C11H11ClN4O/c1-7(8-4-2-3-5-9(8)12)16-6-10(11(13)17)14-15-16/h2-7H,1H3,(H2,13,17)/t7-/m1/s1. The molecule has 2 N–H and O–H groups in total. The van der Waals surface area contributed by atoms with Gasteiger partial charge in [-0.3, -0.25) is 4.79 Å². The molecule has 2 aromatic rings. The minimum Gasteiger partial charge on any atom is -0.364 e. The third-order valence-electron chi connectivity index (χ3n) is 2.51. The zero-order chi connectivity index (χ0) is 12.4. The van der Waals surface area contributed by atoms with Gasteiger partial charge in [0.2, 0.25) is 0 Å². The third-order valence-corrected chi connectivity index (χ3v) is 2.86. The Labute approximate surface area is 103 Å². The summed E-state index contributed by atoms with van der Waals surface area (Å²) in [4.78, 5) is 10.9. The van der Waals surface area contributed by atoms with Gasteiger partial charge < -0.3 is 5.73 Å². The zero-order valence-electron chi connectivity index (χ0n) is 9.17. The Morgan fingerprint density at radius 1 is 1.47 bits per heavy atom. The van der Waals surface area contributed by atoms with E-state index in [0.29, 0.717) is 5.02 Å². The monoisotopic (exact) mass is 250 g/mol. The topological polar surface area (TPSA) is 73.8 Å². The molecule has 1 amide bonds. The molecule has 1 aromatic carbocycles. The molecule has 0 aliphatic heterocycles. The van der Waals surface area contributed by atoms with Gasteiger partial charge in [0.05, 0.1) is 12.2 Å². The Morgan fingerprint density at radius 3 is 2.76 bits per heavy atom. The van der Waals surface area contributed by atoms with E-state index in [9.17, 15) is 4.79 Å². The maximum atomic E-state index is 10.9. The fraction of sp³-hybridized carbons (Fsp3) is 0.182. The van der Waals surface area contributed by atoms with Crippen molar-refractivity contribution in [3.05, 3.63) is 46.7 Å². The van der Waals surface area contributed by atoms with Crippen LogP contribution >= 0.6 is 11.6 Å². The van der Waals surface area contributed by atoms with E-state index in [4.69, 9.17) is 17.3 Å². The molecule has 0 radical (unpaired) electrons. The van der Waals surface area contributed by atoms with E-state index >= 15 is 0 Å². The lowest BCUT2D eigenvalue weighted by molar-refractivity contribution is 0.0995. The Morgan fingerprint density at radius 2 is 2.18 bits per heavy atom. The van der Waals surface area contributed by atoms with Gasteiger partial charge in [-0.2, -0.15) is 0 Å². The van der Waals surface area contributed by atoms with Crippen LogP contribution in [0.25, 0.3) is 0 Å². The Balaban J connectivity index is 2.34. The molecule has 17 heavy (non-hydrogen) atoms. The predicted octanol–water partition coefficient (Wildman–Crippen LogP) is 1.64. The lowest BCUT2D eigenvalue weighted by Gasteiger charge is -2.12.